The summed E-state index contributed by atoms with van der Waals surface area (Å²) in [6.07, 6.45) is 1.57. The molecule has 0 saturated heterocycles. The van der Waals surface area contributed by atoms with Crippen molar-refractivity contribution < 1.29 is 4.79 Å². The number of aromatic nitrogens is 3. The first kappa shape index (κ1) is 8.05. The summed E-state index contributed by atoms with van der Waals surface area (Å²) in [6.45, 7) is 0. The summed E-state index contributed by atoms with van der Waals surface area (Å²) in [7, 11) is 0. The van der Waals surface area contributed by atoms with Crippen LogP contribution in [0, 0.1) is 0 Å². The highest BCUT2D eigenvalue weighted by atomic mass is 16.1. The van der Waals surface area contributed by atoms with Crippen molar-refractivity contribution in [3.05, 3.63) is 36.0 Å². The Morgan fingerprint density at radius 1 is 1.40 bits per heavy atom. The molecule has 0 aliphatic heterocycles. The van der Waals surface area contributed by atoms with Crippen LogP contribution in [0.15, 0.2) is 30.5 Å². The molecular weight excluding hydrogens is 192 g/mol. The van der Waals surface area contributed by atoms with Crippen molar-refractivity contribution in [2.45, 2.75) is 0 Å². The predicted molar refractivity (Wildman–Crippen MR) is 55.6 cm³/mol. The second-order valence-corrected chi connectivity index (χ2v) is 3.31. The number of amides is 1. The Morgan fingerprint density at radius 2 is 2.20 bits per heavy atom. The minimum Gasteiger partial charge on any atom is -0.365 e. The van der Waals surface area contributed by atoms with Crippen molar-refractivity contribution in [1.82, 2.24) is 14.6 Å². The first-order valence-corrected chi connectivity index (χ1v) is 4.52. The number of carbonyl (C=O) groups excluding carboxylic acids is 1. The molecule has 2 aromatic heterocycles. The largest absolute Gasteiger partial charge is 0.365 e. The fourth-order valence-corrected chi connectivity index (χ4v) is 1.71. The zero-order chi connectivity index (χ0) is 10.4. The number of para-hydroxylation sites is 2. The monoisotopic (exact) mass is 200 g/mol. The van der Waals surface area contributed by atoms with Crippen LogP contribution in [-0.4, -0.2) is 20.5 Å². The van der Waals surface area contributed by atoms with Gasteiger partial charge in [0.15, 0.2) is 5.65 Å². The standard InChI is InChI=1S/C10H8N4O/c11-9(15)6-5-12-14-8-4-2-1-3-7(8)13-10(6)14/h1-5,12H,(H2,11,15). The molecule has 0 spiro atoms. The molecule has 0 fully saturated rings. The second-order valence-electron chi connectivity index (χ2n) is 3.31. The van der Waals surface area contributed by atoms with Crippen molar-refractivity contribution in [2.75, 3.05) is 0 Å². The fraction of sp³-hybridized carbons (Fsp3) is 0. The van der Waals surface area contributed by atoms with Gasteiger partial charge in [0.05, 0.1) is 11.0 Å². The van der Waals surface area contributed by atoms with Gasteiger partial charge in [-0.25, -0.2) is 9.50 Å². The molecule has 3 rings (SSSR count). The van der Waals surface area contributed by atoms with Crippen LogP contribution in [0.25, 0.3) is 16.7 Å². The first-order valence-electron chi connectivity index (χ1n) is 4.52. The number of aromatic amines is 1. The third-order valence-corrected chi connectivity index (χ3v) is 2.41. The van der Waals surface area contributed by atoms with Gasteiger partial charge >= 0.3 is 0 Å². The SMILES string of the molecule is NC(=O)c1c[nH]n2c1nc1ccccc12. The third-order valence-electron chi connectivity index (χ3n) is 2.41. The molecule has 0 aliphatic carbocycles. The van der Waals surface area contributed by atoms with Crippen LogP contribution in [0.3, 0.4) is 0 Å². The number of primary amides is 1. The molecule has 3 N–H and O–H groups in total. The quantitative estimate of drug-likeness (QED) is 0.612. The van der Waals surface area contributed by atoms with Gasteiger partial charge in [-0.15, -0.1) is 0 Å². The molecule has 15 heavy (non-hydrogen) atoms. The van der Waals surface area contributed by atoms with Crippen molar-refractivity contribution in [2.24, 2.45) is 5.73 Å². The van der Waals surface area contributed by atoms with Crippen molar-refractivity contribution in [1.29, 1.82) is 0 Å². The van der Waals surface area contributed by atoms with Gasteiger partial charge in [0.25, 0.3) is 5.91 Å². The number of nitrogens with zero attached hydrogens (tertiary/aromatic N) is 2. The molecule has 0 saturated carbocycles. The van der Waals surface area contributed by atoms with Gasteiger partial charge in [-0.2, -0.15) is 0 Å². The predicted octanol–water partition coefficient (Wildman–Crippen LogP) is 0.915. The molecule has 0 radical (unpaired) electrons. The summed E-state index contributed by atoms with van der Waals surface area (Å²) in [6, 6.07) is 7.64. The maximum atomic E-state index is 11.1. The molecule has 0 atom stereocenters. The molecule has 2 heterocycles. The Kier molecular flexibility index (Phi) is 1.39. The van der Waals surface area contributed by atoms with Crippen molar-refractivity contribution >= 4 is 22.6 Å². The maximum Gasteiger partial charge on any atom is 0.254 e. The molecule has 0 aliphatic rings. The summed E-state index contributed by atoms with van der Waals surface area (Å²) in [4.78, 5) is 15.4. The van der Waals surface area contributed by atoms with E-state index in [2.05, 4.69) is 10.1 Å². The van der Waals surface area contributed by atoms with Crippen molar-refractivity contribution in [3.63, 3.8) is 0 Å². The highest BCUT2D eigenvalue weighted by Gasteiger charge is 2.13. The number of rotatable bonds is 1. The molecular formula is C10H8N4O. The Labute approximate surface area is 84.5 Å². The zero-order valence-electron chi connectivity index (χ0n) is 7.77. The Hall–Kier alpha value is -2.30. The van der Waals surface area contributed by atoms with Gasteiger partial charge in [0.1, 0.15) is 5.56 Å². The Bertz CT molecular complexity index is 664. The van der Waals surface area contributed by atoms with E-state index in [-0.39, 0.29) is 0 Å². The van der Waals surface area contributed by atoms with Gasteiger partial charge in [-0.1, -0.05) is 12.1 Å². The fourth-order valence-electron chi connectivity index (χ4n) is 1.71. The van der Waals surface area contributed by atoms with Gasteiger partial charge < -0.3 is 5.73 Å². The van der Waals surface area contributed by atoms with Crippen LogP contribution >= 0.6 is 0 Å². The molecule has 5 heteroatoms. The number of imidazole rings is 1. The van der Waals surface area contributed by atoms with Crippen LogP contribution in [0.5, 0.6) is 0 Å². The minimum absolute atomic E-state index is 0.409. The Balaban J connectivity index is 2.50. The molecule has 1 amide bonds. The number of hydrogen-bond donors (Lipinski definition) is 2. The second kappa shape index (κ2) is 2.60. The van der Waals surface area contributed by atoms with E-state index in [0.29, 0.717) is 11.2 Å². The number of hydrogen-bond acceptors (Lipinski definition) is 2. The topological polar surface area (TPSA) is 76.2 Å². The van der Waals surface area contributed by atoms with Crippen LogP contribution in [0.1, 0.15) is 10.4 Å². The average Bonchev–Trinajstić information content (AvgIpc) is 2.74. The number of fused-ring (bicyclic) bond motifs is 3. The van der Waals surface area contributed by atoms with Gasteiger partial charge in [-0.05, 0) is 12.1 Å². The maximum absolute atomic E-state index is 11.1. The Morgan fingerprint density at radius 3 is 3.00 bits per heavy atom. The summed E-state index contributed by atoms with van der Waals surface area (Å²) in [5, 5.41) is 2.95. The number of H-pyrrole nitrogens is 1. The van der Waals surface area contributed by atoms with E-state index in [1.807, 2.05) is 24.3 Å². The summed E-state index contributed by atoms with van der Waals surface area (Å²) < 4.78 is 1.75. The van der Waals surface area contributed by atoms with E-state index in [0.717, 1.165) is 11.0 Å². The van der Waals surface area contributed by atoms with Crippen molar-refractivity contribution in [3.8, 4) is 0 Å². The molecule has 1 aromatic carbocycles. The molecule has 74 valence electrons. The summed E-state index contributed by atoms with van der Waals surface area (Å²) in [5.74, 6) is -0.475. The van der Waals surface area contributed by atoms with E-state index in [9.17, 15) is 4.79 Å². The first-order chi connectivity index (χ1) is 7.27. The number of nitrogens with one attached hydrogen (secondary N) is 1. The lowest BCUT2D eigenvalue weighted by molar-refractivity contribution is 0.100. The van der Waals surface area contributed by atoms with Gasteiger partial charge in [-0.3, -0.25) is 9.89 Å². The molecule has 3 aromatic rings. The lowest BCUT2D eigenvalue weighted by Gasteiger charge is -1.87. The van der Waals surface area contributed by atoms with E-state index in [4.69, 9.17) is 5.73 Å². The third kappa shape index (κ3) is 0.969. The lowest BCUT2D eigenvalue weighted by Crippen LogP contribution is -2.10. The normalized spacial score (nSPS) is 11.2. The van der Waals surface area contributed by atoms with E-state index in [1.54, 1.807) is 10.7 Å². The summed E-state index contributed by atoms with van der Waals surface area (Å²) in [5.41, 5.74) is 7.99. The highest BCUT2D eigenvalue weighted by Crippen LogP contribution is 2.17. The zero-order valence-corrected chi connectivity index (χ0v) is 7.77. The lowest BCUT2D eigenvalue weighted by atomic mass is 10.3. The minimum atomic E-state index is -0.475. The van der Waals surface area contributed by atoms with Gasteiger partial charge in [0, 0.05) is 6.20 Å². The van der Waals surface area contributed by atoms with E-state index < -0.39 is 5.91 Å². The highest BCUT2D eigenvalue weighted by molar-refractivity contribution is 6.00. The molecule has 0 unspecified atom stereocenters. The number of benzene rings is 1. The van der Waals surface area contributed by atoms with Gasteiger partial charge in [0.2, 0.25) is 0 Å². The van der Waals surface area contributed by atoms with E-state index in [1.165, 1.54) is 0 Å². The molecule has 0 bridgehead atoms. The van der Waals surface area contributed by atoms with Crippen LogP contribution in [-0.2, 0) is 0 Å². The number of carbonyl (C=O) groups is 1. The molecule has 5 nitrogen and oxygen atoms in total. The summed E-state index contributed by atoms with van der Waals surface area (Å²) >= 11 is 0. The van der Waals surface area contributed by atoms with Crippen LogP contribution in [0.2, 0.25) is 0 Å². The number of nitrogens with two attached hydrogens (primary N) is 1. The van der Waals surface area contributed by atoms with E-state index >= 15 is 0 Å². The van der Waals surface area contributed by atoms with Crippen LogP contribution in [0.4, 0.5) is 0 Å². The average molecular weight is 200 g/mol. The smallest absolute Gasteiger partial charge is 0.254 e. The van der Waals surface area contributed by atoms with Crippen LogP contribution < -0.4 is 5.73 Å².